The number of ketones is 1. The Kier molecular flexibility index (Phi) is 17.3. The summed E-state index contributed by atoms with van der Waals surface area (Å²) < 4.78 is 47.9. The van der Waals surface area contributed by atoms with Crippen LogP contribution in [0.4, 0.5) is 0 Å². The highest BCUT2D eigenvalue weighted by Crippen LogP contribution is 2.70. The van der Waals surface area contributed by atoms with Crippen LogP contribution in [0.3, 0.4) is 0 Å². The SMILES string of the molecule is CC(=O)OC1C(OC2CC3C4(O)CC=C5CC(OC6OC(OO)C(O)C(O)C6O)CCC5(C)C4CCC3(C)C2(O)C(C)C(=O)CCC(C)C)OCC(O)C1OC1OCC(O)C(O)C1OC(=O)C=Cc1ccccc1. The number of aliphatic hydroxyl groups excluding tert-OH is 6. The Labute approximate surface area is 430 Å². The van der Waals surface area contributed by atoms with Crippen molar-refractivity contribution in [2.75, 3.05) is 13.2 Å². The van der Waals surface area contributed by atoms with E-state index < -0.39 is 151 Å². The fourth-order valence-electron chi connectivity index (χ4n) is 13.5. The van der Waals surface area contributed by atoms with Gasteiger partial charge in [-0.3, -0.25) is 9.59 Å². The molecule has 3 heterocycles. The molecular formula is C53H76O21. The van der Waals surface area contributed by atoms with Crippen molar-refractivity contribution in [2.45, 2.75) is 203 Å². The zero-order valence-corrected chi connectivity index (χ0v) is 42.8. The first-order chi connectivity index (χ1) is 35.0. The fraction of sp³-hybridized carbons (Fsp3) is 0.755. The number of esters is 2. The van der Waals surface area contributed by atoms with E-state index in [1.165, 1.54) is 6.08 Å². The standard InChI is InChI=1S/C53H76O21/c1-26(2)12-14-32(55)27(3)53(64)37(23-36-51(53,6)20-18-35-50(5)19-17-31(22-30(50)16-21-52(35,36)63)69-46-41(61)40(60)42(62)47(73-46)74-65)70-49-45(68-28(4)54)43(34(57)25-67-49)72-48-44(39(59)33(56)24-66-48)71-38(58)15-13-29-10-8-7-9-11-29/h7-11,13,15-16,26-27,31,33-37,39-49,56-57,59-65H,12,14,17-25H2,1-6H3. The molecule has 21 heteroatoms. The van der Waals surface area contributed by atoms with Crippen LogP contribution in [0.15, 0.2) is 48.1 Å². The highest BCUT2D eigenvalue weighted by Gasteiger charge is 2.74. The van der Waals surface area contributed by atoms with Crippen molar-refractivity contribution in [1.29, 1.82) is 0 Å². The van der Waals surface area contributed by atoms with Gasteiger partial charge in [0, 0.05) is 30.8 Å². The molecule has 3 saturated heterocycles. The van der Waals surface area contributed by atoms with Crippen molar-refractivity contribution < 1.29 is 103 Å². The molecule has 0 spiro atoms. The average molecular weight is 1050 g/mol. The fourth-order valence-corrected chi connectivity index (χ4v) is 13.5. The molecule has 22 atom stereocenters. The van der Waals surface area contributed by atoms with Crippen molar-refractivity contribution in [3.8, 4) is 0 Å². The summed E-state index contributed by atoms with van der Waals surface area (Å²) in [4.78, 5) is 44.6. The van der Waals surface area contributed by atoms with Gasteiger partial charge in [-0.25, -0.2) is 14.9 Å². The van der Waals surface area contributed by atoms with Crippen molar-refractivity contribution in [3.05, 3.63) is 53.6 Å². The lowest BCUT2D eigenvalue weighted by molar-refractivity contribution is -0.431. The lowest BCUT2D eigenvalue weighted by Gasteiger charge is -2.63. The Hall–Kier alpha value is -3.33. The third-order valence-corrected chi connectivity index (χ3v) is 17.7. The first kappa shape index (κ1) is 56.9. The summed E-state index contributed by atoms with van der Waals surface area (Å²) in [5, 5.41) is 101. The van der Waals surface area contributed by atoms with Crippen LogP contribution in [0.2, 0.25) is 0 Å². The number of benzene rings is 1. The minimum atomic E-state index is -1.95. The van der Waals surface area contributed by atoms with Crippen LogP contribution in [0.5, 0.6) is 0 Å². The van der Waals surface area contributed by atoms with Gasteiger partial charge < -0.3 is 78.7 Å². The van der Waals surface area contributed by atoms with Gasteiger partial charge in [-0.15, -0.1) is 0 Å². The number of hydrogen-bond acceptors (Lipinski definition) is 21. The average Bonchev–Trinajstić information content (AvgIpc) is 3.60. The number of fused-ring (bicyclic) bond motifs is 5. The maximum absolute atomic E-state index is 14.3. The largest absolute Gasteiger partial charge is 0.454 e. The van der Waals surface area contributed by atoms with Gasteiger partial charge in [0.1, 0.15) is 54.1 Å². The quantitative estimate of drug-likeness (QED) is 0.0375. The molecule has 3 saturated carbocycles. The monoisotopic (exact) mass is 1050 g/mol. The molecule has 1 aromatic carbocycles. The Bertz CT molecular complexity index is 2190. The van der Waals surface area contributed by atoms with Gasteiger partial charge in [0.2, 0.25) is 6.29 Å². The lowest BCUT2D eigenvalue weighted by atomic mass is 9.44. The van der Waals surface area contributed by atoms with Gasteiger partial charge >= 0.3 is 11.9 Å². The lowest BCUT2D eigenvalue weighted by Crippen LogP contribution is -2.66. The van der Waals surface area contributed by atoms with Crippen molar-refractivity contribution >= 4 is 23.8 Å². The van der Waals surface area contributed by atoms with Crippen LogP contribution in [0, 0.1) is 34.5 Å². The maximum atomic E-state index is 14.3. The molecule has 6 fully saturated rings. The van der Waals surface area contributed by atoms with E-state index in [-0.39, 0.29) is 36.9 Å². The number of carbonyl (C=O) groups excluding carboxylic acids is 3. The number of carbonyl (C=O) groups is 3. The van der Waals surface area contributed by atoms with E-state index >= 15 is 0 Å². The summed E-state index contributed by atoms with van der Waals surface area (Å²) in [5.74, 6) is -3.82. The molecule has 21 nitrogen and oxygen atoms in total. The van der Waals surface area contributed by atoms with E-state index in [9.17, 15) is 60.5 Å². The summed E-state index contributed by atoms with van der Waals surface area (Å²) in [6.07, 6.45) is -14.9. The maximum Gasteiger partial charge on any atom is 0.331 e. The number of rotatable bonds is 16. The van der Waals surface area contributed by atoms with Crippen LogP contribution < -0.4 is 0 Å². The number of aliphatic hydroxyl groups is 8. The van der Waals surface area contributed by atoms with Gasteiger partial charge in [-0.1, -0.05) is 76.6 Å². The minimum Gasteiger partial charge on any atom is -0.454 e. The first-order valence-electron chi connectivity index (χ1n) is 26.0. The molecule has 22 unspecified atom stereocenters. The molecule has 74 heavy (non-hydrogen) atoms. The Balaban J connectivity index is 1.06. The van der Waals surface area contributed by atoms with E-state index in [0.29, 0.717) is 44.1 Å². The molecule has 0 radical (unpaired) electrons. The third-order valence-electron chi connectivity index (χ3n) is 17.7. The highest BCUT2D eigenvalue weighted by atomic mass is 17.1. The topological polar surface area (TPSA) is 316 Å². The van der Waals surface area contributed by atoms with Crippen molar-refractivity contribution in [2.24, 2.45) is 34.5 Å². The van der Waals surface area contributed by atoms with E-state index in [2.05, 4.69) is 11.8 Å². The molecule has 1 aromatic rings. The van der Waals surface area contributed by atoms with Crippen LogP contribution >= 0.6 is 0 Å². The minimum absolute atomic E-state index is 0.0248. The van der Waals surface area contributed by atoms with E-state index in [0.717, 1.165) is 18.6 Å². The van der Waals surface area contributed by atoms with Gasteiger partial charge in [-0.2, -0.15) is 0 Å². The molecule has 8 rings (SSSR count). The number of ether oxygens (including phenoxy) is 8. The van der Waals surface area contributed by atoms with Crippen molar-refractivity contribution in [1.82, 2.24) is 0 Å². The van der Waals surface area contributed by atoms with Crippen LogP contribution in [0.1, 0.15) is 105 Å². The van der Waals surface area contributed by atoms with Gasteiger partial charge in [-0.05, 0) is 86.2 Å². The predicted octanol–water partition coefficient (Wildman–Crippen LogP) is 1.81. The van der Waals surface area contributed by atoms with Crippen molar-refractivity contribution in [3.63, 3.8) is 0 Å². The second-order valence-electron chi connectivity index (χ2n) is 22.5. The molecule has 3 aliphatic heterocycles. The molecular weight excluding hydrogens is 973 g/mol. The summed E-state index contributed by atoms with van der Waals surface area (Å²) >= 11 is 0. The first-order valence-corrected chi connectivity index (χ1v) is 26.0. The second-order valence-corrected chi connectivity index (χ2v) is 22.5. The molecule has 7 aliphatic rings. The zero-order valence-electron chi connectivity index (χ0n) is 42.8. The normalized spacial score (nSPS) is 44.7. The van der Waals surface area contributed by atoms with E-state index in [1.54, 1.807) is 37.3 Å². The zero-order chi connectivity index (χ0) is 53.7. The predicted molar refractivity (Wildman–Crippen MR) is 255 cm³/mol. The molecule has 4 aliphatic carbocycles. The smallest absolute Gasteiger partial charge is 0.331 e. The number of hydrogen-bond donors (Lipinski definition) is 9. The summed E-state index contributed by atoms with van der Waals surface area (Å²) in [5.41, 5.74) is -3.44. The summed E-state index contributed by atoms with van der Waals surface area (Å²) in [6, 6.07) is 8.87. The Morgan fingerprint density at radius 3 is 2.12 bits per heavy atom. The van der Waals surface area contributed by atoms with E-state index in [4.69, 9.17) is 37.9 Å². The van der Waals surface area contributed by atoms with Gasteiger partial charge in [0.15, 0.2) is 31.1 Å². The Morgan fingerprint density at radius 1 is 0.770 bits per heavy atom. The Morgan fingerprint density at radius 2 is 1.45 bits per heavy atom. The molecule has 0 amide bonds. The summed E-state index contributed by atoms with van der Waals surface area (Å²) in [6.45, 7) is 9.84. The number of Topliss-reactive ketones (excluding diaryl/α,β-unsaturated/α-hetero) is 1. The molecule has 9 N–H and O–H groups in total. The van der Waals surface area contributed by atoms with Gasteiger partial charge in [0.25, 0.3) is 0 Å². The van der Waals surface area contributed by atoms with Crippen LogP contribution in [-0.4, -0.2) is 181 Å². The summed E-state index contributed by atoms with van der Waals surface area (Å²) in [7, 11) is 0. The second kappa shape index (κ2) is 22.6. The molecule has 0 aromatic heterocycles. The highest BCUT2D eigenvalue weighted by molar-refractivity contribution is 5.87. The molecule has 414 valence electrons. The van der Waals surface area contributed by atoms with Crippen LogP contribution in [-0.2, 0) is 57.2 Å². The molecule has 0 bridgehead atoms. The van der Waals surface area contributed by atoms with E-state index in [1.807, 2.05) is 26.8 Å². The third kappa shape index (κ3) is 10.7. The van der Waals surface area contributed by atoms with Gasteiger partial charge in [0.05, 0.1) is 31.0 Å². The van der Waals surface area contributed by atoms with Crippen LogP contribution in [0.25, 0.3) is 6.08 Å².